The van der Waals surface area contributed by atoms with E-state index in [0.29, 0.717) is 11.3 Å². The molecule has 0 aromatic heterocycles. The Kier molecular flexibility index (Phi) is 5.50. The van der Waals surface area contributed by atoms with E-state index in [-0.39, 0.29) is 13.0 Å². The Balaban J connectivity index is 2.80. The summed E-state index contributed by atoms with van der Waals surface area (Å²) in [5.74, 6) is -1.22. The Labute approximate surface area is 116 Å². The summed E-state index contributed by atoms with van der Waals surface area (Å²) in [6.07, 6.45) is -0.0762. The number of rotatable bonds is 5. The van der Waals surface area contributed by atoms with Gasteiger partial charge in [-0.25, -0.2) is 9.59 Å². The number of carbonyl (C=O) groups excluding carboxylic acids is 1. The van der Waals surface area contributed by atoms with Crippen LogP contribution in [0.4, 0.5) is 10.5 Å². The Hall–Kier alpha value is -2.59. The summed E-state index contributed by atoms with van der Waals surface area (Å²) in [5, 5.41) is 28.8. The van der Waals surface area contributed by atoms with Crippen LogP contribution in [0.5, 0.6) is 0 Å². The van der Waals surface area contributed by atoms with E-state index in [1.165, 1.54) is 18.0 Å². The number of aliphatic hydroxyl groups is 1. The number of nitrogens with one attached hydrogen (secondary N) is 1. The van der Waals surface area contributed by atoms with Gasteiger partial charge in [0.05, 0.1) is 11.6 Å². The average molecular weight is 277 g/mol. The Morgan fingerprint density at radius 1 is 1.50 bits per heavy atom. The van der Waals surface area contributed by atoms with Gasteiger partial charge in [0.2, 0.25) is 0 Å². The van der Waals surface area contributed by atoms with Crippen LogP contribution in [0.2, 0.25) is 0 Å². The maximum absolute atomic E-state index is 11.9. The van der Waals surface area contributed by atoms with Gasteiger partial charge in [0.25, 0.3) is 0 Å². The van der Waals surface area contributed by atoms with Gasteiger partial charge >= 0.3 is 12.0 Å². The number of benzene rings is 1. The molecule has 1 aromatic rings. The van der Waals surface area contributed by atoms with Crippen molar-refractivity contribution < 1.29 is 19.8 Å². The minimum atomic E-state index is -1.22. The number of nitrogens with zero attached hydrogens (tertiary/aromatic N) is 2. The highest BCUT2D eigenvalue weighted by atomic mass is 16.4. The molecule has 0 spiro atoms. The van der Waals surface area contributed by atoms with Gasteiger partial charge in [-0.1, -0.05) is 6.07 Å². The van der Waals surface area contributed by atoms with Crippen molar-refractivity contribution in [2.75, 3.05) is 18.6 Å². The lowest BCUT2D eigenvalue weighted by Crippen LogP contribution is -2.47. The predicted octanol–water partition coefficient (Wildman–Crippen LogP) is 0.540. The molecule has 2 amide bonds. The second-order valence-electron chi connectivity index (χ2n) is 4.07. The van der Waals surface area contributed by atoms with Crippen LogP contribution < -0.4 is 10.2 Å². The predicted molar refractivity (Wildman–Crippen MR) is 71.2 cm³/mol. The van der Waals surface area contributed by atoms with Crippen molar-refractivity contribution in [2.24, 2.45) is 0 Å². The summed E-state index contributed by atoms with van der Waals surface area (Å²) in [7, 11) is 1.46. The third-order valence-electron chi connectivity index (χ3n) is 2.68. The number of aliphatic hydroxyl groups excluding tert-OH is 1. The van der Waals surface area contributed by atoms with Crippen molar-refractivity contribution in [1.29, 1.82) is 5.26 Å². The minimum Gasteiger partial charge on any atom is -0.480 e. The first-order valence-corrected chi connectivity index (χ1v) is 5.87. The zero-order valence-corrected chi connectivity index (χ0v) is 10.9. The maximum atomic E-state index is 11.9. The molecule has 0 aliphatic heterocycles. The van der Waals surface area contributed by atoms with Crippen LogP contribution in [-0.4, -0.2) is 41.9 Å². The molecule has 1 rings (SSSR count). The van der Waals surface area contributed by atoms with Crippen molar-refractivity contribution in [2.45, 2.75) is 12.5 Å². The average Bonchev–Trinajstić information content (AvgIpc) is 2.45. The second-order valence-corrected chi connectivity index (χ2v) is 4.07. The summed E-state index contributed by atoms with van der Waals surface area (Å²) >= 11 is 0. The van der Waals surface area contributed by atoms with Crippen LogP contribution in [0.15, 0.2) is 24.3 Å². The summed E-state index contributed by atoms with van der Waals surface area (Å²) in [5.41, 5.74) is 0.863. The lowest BCUT2D eigenvalue weighted by molar-refractivity contribution is -0.139. The second kappa shape index (κ2) is 7.11. The lowest BCUT2D eigenvalue weighted by atomic mass is 10.2. The first kappa shape index (κ1) is 15.5. The van der Waals surface area contributed by atoms with Crippen LogP contribution in [0, 0.1) is 11.3 Å². The van der Waals surface area contributed by atoms with E-state index in [0.717, 1.165) is 0 Å². The van der Waals surface area contributed by atoms with Crippen LogP contribution in [-0.2, 0) is 4.79 Å². The zero-order valence-electron chi connectivity index (χ0n) is 10.9. The van der Waals surface area contributed by atoms with Gasteiger partial charge in [-0.15, -0.1) is 0 Å². The molecule has 0 saturated heterocycles. The molecule has 0 bridgehead atoms. The van der Waals surface area contributed by atoms with Crippen molar-refractivity contribution in [1.82, 2.24) is 5.32 Å². The maximum Gasteiger partial charge on any atom is 0.326 e. The highest BCUT2D eigenvalue weighted by Crippen LogP contribution is 2.14. The van der Waals surface area contributed by atoms with Gasteiger partial charge in [-0.05, 0) is 18.2 Å². The van der Waals surface area contributed by atoms with Crippen molar-refractivity contribution >= 4 is 17.7 Å². The first-order chi connectivity index (χ1) is 9.49. The Bertz CT molecular complexity index is 539. The van der Waals surface area contributed by atoms with Gasteiger partial charge in [-0.2, -0.15) is 5.26 Å². The summed E-state index contributed by atoms with van der Waals surface area (Å²) in [6.45, 7) is -0.342. The van der Waals surface area contributed by atoms with Gasteiger partial charge < -0.3 is 15.5 Å². The molecule has 0 heterocycles. The normalized spacial score (nSPS) is 11.2. The lowest BCUT2D eigenvalue weighted by Gasteiger charge is -2.21. The number of carbonyl (C=O) groups is 2. The van der Waals surface area contributed by atoms with Crippen LogP contribution >= 0.6 is 0 Å². The highest BCUT2D eigenvalue weighted by Gasteiger charge is 2.21. The Morgan fingerprint density at radius 2 is 2.20 bits per heavy atom. The fourth-order valence-corrected chi connectivity index (χ4v) is 1.53. The molecule has 7 nitrogen and oxygen atoms in total. The van der Waals surface area contributed by atoms with Gasteiger partial charge in [0.1, 0.15) is 6.04 Å². The van der Waals surface area contributed by atoms with Crippen LogP contribution in [0.3, 0.4) is 0 Å². The number of carboxylic acid groups (broad SMARTS) is 1. The molecule has 7 heteroatoms. The molecule has 20 heavy (non-hydrogen) atoms. The monoisotopic (exact) mass is 277 g/mol. The molecular formula is C13H15N3O4. The number of hydrogen-bond donors (Lipinski definition) is 3. The molecular weight excluding hydrogens is 262 g/mol. The third-order valence-corrected chi connectivity index (χ3v) is 2.68. The zero-order chi connectivity index (χ0) is 15.1. The number of hydrogen-bond acceptors (Lipinski definition) is 4. The van der Waals surface area contributed by atoms with Gasteiger partial charge in [-0.3, -0.25) is 4.90 Å². The smallest absolute Gasteiger partial charge is 0.326 e. The summed E-state index contributed by atoms with van der Waals surface area (Å²) < 4.78 is 0. The largest absolute Gasteiger partial charge is 0.480 e. The topological polar surface area (TPSA) is 114 Å². The standard InChI is InChI=1S/C13H15N3O4/c1-16(10-4-2-3-9(7-10)8-14)13(20)15-11(5-6-17)12(18)19/h2-4,7,11,17H,5-6H2,1H3,(H,15,20)(H,18,19). The van der Waals surface area contributed by atoms with Crippen LogP contribution in [0.25, 0.3) is 0 Å². The van der Waals surface area contributed by atoms with Gasteiger partial charge in [0.15, 0.2) is 0 Å². The first-order valence-electron chi connectivity index (χ1n) is 5.87. The van der Waals surface area contributed by atoms with E-state index in [9.17, 15) is 9.59 Å². The van der Waals surface area contributed by atoms with E-state index in [4.69, 9.17) is 15.5 Å². The fraction of sp³-hybridized carbons (Fsp3) is 0.308. The minimum absolute atomic E-state index is 0.0762. The summed E-state index contributed by atoms with van der Waals surface area (Å²) in [6, 6.07) is 6.54. The van der Waals surface area contributed by atoms with Crippen molar-refractivity contribution in [3.8, 4) is 6.07 Å². The molecule has 1 aromatic carbocycles. The molecule has 0 aliphatic carbocycles. The molecule has 0 fully saturated rings. The number of amides is 2. The van der Waals surface area contributed by atoms with Crippen molar-refractivity contribution in [3.05, 3.63) is 29.8 Å². The fourth-order valence-electron chi connectivity index (χ4n) is 1.53. The van der Waals surface area contributed by atoms with E-state index < -0.39 is 18.0 Å². The molecule has 1 atom stereocenters. The molecule has 0 radical (unpaired) electrons. The van der Waals surface area contributed by atoms with Gasteiger partial charge in [0, 0.05) is 25.8 Å². The van der Waals surface area contributed by atoms with E-state index in [1.807, 2.05) is 6.07 Å². The third kappa shape index (κ3) is 3.96. The van der Waals surface area contributed by atoms with E-state index in [1.54, 1.807) is 18.2 Å². The number of aliphatic carboxylic acids is 1. The van der Waals surface area contributed by atoms with Crippen LogP contribution in [0.1, 0.15) is 12.0 Å². The number of carboxylic acids is 1. The van der Waals surface area contributed by atoms with Crippen molar-refractivity contribution in [3.63, 3.8) is 0 Å². The molecule has 3 N–H and O–H groups in total. The van der Waals surface area contributed by atoms with E-state index >= 15 is 0 Å². The number of anilines is 1. The highest BCUT2D eigenvalue weighted by molar-refractivity contribution is 5.94. The summed E-state index contributed by atoms with van der Waals surface area (Å²) in [4.78, 5) is 24.0. The molecule has 106 valence electrons. The Morgan fingerprint density at radius 3 is 2.75 bits per heavy atom. The molecule has 0 aliphatic rings. The quantitative estimate of drug-likeness (QED) is 0.726. The SMILES string of the molecule is CN(C(=O)NC(CCO)C(=O)O)c1cccc(C#N)c1. The number of nitriles is 1. The number of urea groups is 1. The molecule has 0 saturated carbocycles. The van der Waals surface area contributed by atoms with E-state index in [2.05, 4.69) is 5.32 Å². The molecule has 1 unspecified atom stereocenters.